The highest BCUT2D eigenvalue weighted by atomic mass is 35.5. The maximum absolute atomic E-state index is 13.3. The van der Waals surface area contributed by atoms with Crippen molar-refractivity contribution in [3.05, 3.63) is 29.0 Å². The third-order valence-corrected chi connectivity index (χ3v) is 3.80. The third kappa shape index (κ3) is 3.18. The molecule has 0 saturated carbocycles. The summed E-state index contributed by atoms with van der Waals surface area (Å²) < 4.78 is 18.8. The maximum atomic E-state index is 13.3. The Morgan fingerprint density at radius 3 is 2.52 bits per heavy atom. The lowest BCUT2D eigenvalue weighted by Crippen LogP contribution is -2.56. The van der Waals surface area contributed by atoms with Gasteiger partial charge in [-0.05, 0) is 12.1 Å². The first-order valence-corrected chi connectivity index (χ1v) is 6.64. The number of rotatable bonds is 3. The van der Waals surface area contributed by atoms with Gasteiger partial charge in [0.25, 0.3) is 5.91 Å². The molecule has 3 N–H and O–H groups in total. The van der Waals surface area contributed by atoms with E-state index in [1.165, 1.54) is 12.1 Å². The van der Waals surface area contributed by atoms with E-state index < -0.39 is 23.4 Å². The molecular weight excluding hydrogens is 303 g/mol. The number of benzene rings is 1. The summed E-state index contributed by atoms with van der Waals surface area (Å²) in [6, 6.07) is 3.54. The SMILES string of the molecule is NC(=O)C1(Oc2cc(F)ccc2Cl)CCN(C(=O)O)CC1. The molecule has 2 amide bonds. The molecule has 0 radical (unpaired) electrons. The lowest BCUT2D eigenvalue weighted by atomic mass is 9.90. The third-order valence-electron chi connectivity index (χ3n) is 3.49. The first kappa shape index (κ1) is 15.4. The van der Waals surface area contributed by atoms with Gasteiger partial charge in [-0.25, -0.2) is 9.18 Å². The van der Waals surface area contributed by atoms with E-state index in [1.54, 1.807) is 0 Å². The van der Waals surface area contributed by atoms with Crippen molar-refractivity contribution in [1.82, 2.24) is 4.90 Å². The second-order valence-electron chi connectivity index (χ2n) is 4.80. The molecule has 0 aliphatic carbocycles. The number of ether oxygens (including phenoxy) is 1. The molecule has 1 saturated heterocycles. The van der Waals surface area contributed by atoms with Gasteiger partial charge in [0.05, 0.1) is 5.02 Å². The number of carbonyl (C=O) groups excluding carboxylic acids is 1. The number of halogens is 2. The number of amides is 2. The van der Waals surface area contributed by atoms with Crippen LogP contribution < -0.4 is 10.5 Å². The molecule has 1 aliphatic rings. The lowest BCUT2D eigenvalue weighted by Gasteiger charge is -2.38. The lowest BCUT2D eigenvalue weighted by molar-refractivity contribution is -0.137. The van der Waals surface area contributed by atoms with Crippen LogP contribution in [0.2, 0.25) is 5.02 Å². The minimum Gasteiger partial charge on any atom is -0.476 e. The number of carboxylic acid groups (broad SMARTS) is 1. The number of nitrogens with zero attached hydrogens (tertiary/aromatic N) is 1. The molecule has 21 heavy (non-hydrogen) atoms. The van der Waals surface area contributed by atoms with E-state index >= 15 is 0 Å². The van der Waals surface area contributed by atoms with E-state index in [1.807, 2.05) is 0 Å². The van der Waals surface area contributed by atoms with Crippen LogP contribution in [0.25, 0.3) is 0 Å². The van der Waals surface area contributed by atoms with Crippen LogP contribution in [-0.4, -0.2) is 40.7 Å². The second-order valence-corrected chi connectivity index (χ2v) is 5.21. The molecule has 1 fully saturated rings. The molecule has 114 valence electrons. The Balaban J connectivity index is 2.22. The summed E-state index contributed by atoms with van der Waals surface area (Å²) >= 11 is 5.91. The highest BCUT2D eigenvalue weighted by Gasteiger charge is 2.43. The minimum atomic E-state index is -1.39. The van der Waals surface area contributed by atoms with Gasteiger partial charge in [0.1, 0.15) is 11.6 Å². The molecule has 0 atom stereocenters. The summed E-state index contributed by atoms with van der Waals surface area (Å²) in [5, 5.41) is 9.07. The average Bonchev–Trinajstić information content (AvgIpc) is 2.43. The summed E-state index contributed by atoms with van der Waals surface area (Å²) in [5.41, 5.74) is 4.01. The number of hydrogen-bond donors (Lipinski definition) is 2. The van der Waals surface area contributed by atoms with Gasteiger partial charge in [0, 0.05) is 32.0 Å². The summed E-state index contributed by atoms with van der Waals surface area (Å²) in [7, 11) is 0. The molecule has 1 aromatic carbocycles. The van der Waals surface area contributed by atoms with Crippen molar-refractivity contribution >= 4 is 23.6 Å². The molecule has 0 aromatic heterocycles. The molecule has 0 spiro atoms. The molecule has 1 aliphatic heterocycles. The smallest absolute Gasteiger partial charge is 0.407 e. The highest BCUT2D eigenvalue weighted by molar-refractivity contribution is 6.32. The van der Waals surface area contributed by atoms with E-state index in [0.29, 0.717) is 0 Å². The Kier molecular flexibility index (Phi) is 4.22. The first-order chi connectivity index (χ1) is 9.84. The van der Waals surface area contributed by atoms with Crippen molar-refractivity contribution in [2.45, 2.75) is 18.4 Å². The Labute approximate surface area is 125 Å². The monoisotopic (exact) mass is 316 g/mol. The van der Waals surface area contributed by atoms with Crippen molar-refractivity contribution in [3.63, 3.8) is 0 Å². The van der Waals surface area contributed by atoms with Crippen molar-refractivity contribution in [2.24, 2.45) is 5.73 Å². The van der Waals surface area contributed by atoms with Gasteiger partial charge in [-0.15, -0.1) is 0 Å². The van der Waals surface area contributed by atoms with Crippen LogP contribution in [0, 0.1) is 5.82 Å². The Hall–Kier alpha value is -2.02. The number of hydrogen-bond acceptors (Lipinski definition) is 3. The predicted octanol–water partition coefficient (Wildman–Crippen LogP) is 1.86. The Bertz CT molecular complexity index is 573. The normalized spacial score (nSPS) is 17.3. The molecule has 6 nitrogen and oxygen atoms in total. The second kappa shape index (κ2) is 5.77. The molecule has 1 aromatic rings. The Morgan fingerprint density at radius 2 is 2.00 bits per heavy atom. The van der Waals surface area contributed by atoms with Gasteiger partial charge in [0.15, 0.2) is 5.60 Å². The number of nitrogens with two attached hydrogens (primary N) is 1. The molecule has 1 heterocycles. The van der Waals surface area contributed by atoms with Crippen molar-refractivity contribution < 1.29 is 23.8 Å². The van der Waals surface area contributed by atoms with Gasteiger partial charge in [-0.1, -0.05) is 11.6 Å². The van der Waals surface area contributed by atoms with E-state index in [4.69, 9.17) is 27.2 Å². The van der Waals surface area contributed by atoms with Gasteiger partial charge in [0.2, 0.25) is 0 Å². The fraction of sp³-hybridized carbons (Fsp3) is 0.385. The van der Waals surface area contributed by atoms with Crippen LogP contribution in [-0.2, 0) is 4.79 Å². The number of piperidine rings is 1. The van der Waals surface area contributed by atoms with Gasteiger partial charge in [-0.2, -0.15) is 0 Å². The van der Waals surface area contributed by atoms with Crippen LogP contribution in [0.3, 0.4) is 0 Å². The van der Waals surface area contributed by atoms with E-state index in [-0.39, 0.29) is 36.7 Å². The van der Waals surface area contributed by atoms with E-state index in [2.05, 4.69) is 0 Å². The van der Waals surface area contributed by atoms with Crippen LogP contribution in [0.4, 0.5) is 9.18 Å². The molecule has 2 rings (SSSR count). The summed E-state index contributed by atoms with van der Waals surface area (Å²) in [5.74, 6) is -1.27. The quantitative estimate of drug-likeness (QED) is 0.890. The highest BCUT2D eigenvalue weighted by Crippen LogP contribution is 2.33. The number of primary amides is 1. The molecule has 0 bridgehead atoms. The maximum Gasteiger partial charge on any atom is 0.407 e. The standard InChI is InChI=1S/C13H14ClFN2O4/c14-9-2-1-8(15)7-10(9)21-13(11(16)18)3-5-17(6-4-13)12(19)20/h1-2,7H,3-6H2,(H2,16,18)(H,19,20). The zero-order valence-electron chi connectivity index (χ0n) is 11.0. The number of likely N-dealkylation sites (tertiary alicyclic amines) is 1. The van der Waals surface area contributed by atoms with Crippen LogP contribution in [0.1, 0.15) is 12.8 Å². The zero-order valence-corrected chi connectivity index (χ0v) is 11.8. The van der Waals surface area contributed by atoms with E-state index in [0.717, 1.165) is 11.0 Å². The molecular formula is C13H14ClFN2O4. The van der Waals surface area contributed by atoms with Crippen LogP contribution in [0.15, 0.2) is 18.2 Å². The summed E-state index contributed by atoms with van der Waals surface area (Å²) in [4.78, 5) is 23.8. The van der Waals surface area contributed by atoms with Crippen LogP contribution >= 0.6 is 11.6 Å². The fourth-order valence-electron chi connectivity index (χ4n) is 2.22. The number of carbonyl (C=O) groups is 2. The largest absolute Gasteiger partial charge is 0.476 e. The Morgan fingerprint density at radius 1 is 1.38 bits per heavy atom. The van der Waals surface area contributed by atoms with Crippen LogP contribution in [0.5, 0.6) is 5.75 Å². The van der Waals surface area contributed by atoms with Gasteiger partial charge in [-0.3, -0.25) is 4.79 Å². The van der Waals surface area contributed by atoms with E-state index in [9.17, 15) is 14.0 Å². The summed E-state index contributed by atoms with van der Waals surface area (Å²) in [6.45, 7) is 0.205. The summed E-state index contributed by atoms with van der Waals surface area (Å²) in [6.07, 6.45) is -0.903. The zero-order chi connectivity index (χ0) is 15.6. The predicted molar refractivity (Wildman–Crippen MR) is 72.8 cm³/mol. The minimum absolute atomic E-state index is 0.0132. The average molecular weight is 317 g/mol. The van der Waals surface area contributed by atoms with Crippen molar-refractivity contribution in [2.75, 3.05) is 13.1 Å². The van der Waals surface area contributed by atoms with Crippen molar-refractivity contribution in [3.8, 4) is 5.75 Å². The molecule has 0 unspecified atom stereocenters. The first-order valence-electron chi connectivity index (χ1n) is 6.26. The topological polar surface area (TPSA) is 92.9 Å². The molecule has 8 heteroatoms. The van der Waals surface area contributed by atoms with Crippen molar-refractivity contribution in [1.29, 1.82) is 0 Å². The van der Waals surface area contributed by atoms with Gasteiger partial charge < -0.3 is 20.5 Å². The van der Waals surface area contributed by atoms with Gasteiger partial charge >= 0.3 is 6.09 Å². The fourth-order valence-corrected chi connectivity index (χ4v) is 2.38.